The second kappa shape index (κ2) is 6.98. The predicted molar refractivity (Wildman–Crippen MR) is 122 cm³/mol. The Morgan fingerprint density at radius 1 is 0.931 bits per heavy atom. The van der Waals surface area contributed by atoms with E-state index in [1.54, 1.807) is 0 Å². The highest BCUT2D eigenvalue weighted by Crippen LogP contribution is 2.82. The van der Waals surface area contributed by atoms with Crippen molar-refractivity contribution in [2.24, 2.45) is 57.7 Å². The molecule has 29 heavy (non-hydrogen) atoms. The minimum absolute atomic E-state index is 0.561. The first kappa shape index (κ1) is 20.8. The molecule has 0 aromatic heterocycles. The lowest BCUT2D eigenvalue weighted by molar-refractivity contribution is -0.161. The van der Waals surface area contributed by atoms with Crippen LogP contribution in [0.2, 0.25) is 0 Å². The summed E-state index contributed by atoms with van der Waals surface area (Å²) in [5.74, 6) is 6.68. The van der Waals surface area contributed by atoms with Gasteiger partial charge in [-0.1, -0.05) is 53.9 Å². The van der Waals surface area contributed by atoms with Crippen LogP contribution in [0.1, 0.15) is 105 Å². The molecule has 5 saturated carbocycles. The Bertz CT molecular complexity index is 626. The zero-order chi connectivity index (χ0) is 20.6. The first-order valence-corrected chi connectivity index (χ1v) is 13.3. The normalized spacial score (nSPS) is 53.9. The highest BCUT2D eigenvalue weighted by molar-refractivity contribution is 5.26. The number of methoxy groups -OCH3 is 1. The van der Waals surface area contributed by atoms with Gasteiger partial charge in [-0.15, -0.1) is 0 Å². The fourth-order valence-electron chi connectivity index (χ4n) is 10.6. The van der Waals surface area contributed by atoms with E-state index in [-0.39, 0.29) is 0 Å². The fraction of sp³-hybridized carbons (Fsp3) is 1.00. The van der Waals surface area contributed by atoms with E-state index < -0.39 is 0 Å². The number of rotatable bonds is 6. The molecule has 0 aromatic carbocycles. The SMILES string of the molecule is COC1CC2C3CCC(C(C)CCCC(C)C)C3(C)CCC2C2(C)CCC3CC312. The molecule has 0 aromatic rings. The topological polar surface area (TPSA) is 9.23 Å². The second-order valence-corrected chi connectivity index (χ2v) is 13.3. The van der Waals surface area contributed by atoms with Gasteiger partial charge in [0.1, 0.15) is 0 Å². The van der Waals surface area contributed by atoms with Gasteiger partial charge in [-0.05, 0) is 104 Å². The first-order chi connectivity index (χ1) is 13.8. The minimum atomic E-state index is 0.561. The summed E-state index contributed by atoms with van der Waals surface area (Å²) in [4.78, 5) is 0. The van der Waals surface area contributed by atoms with Gasteiger partial charge in [0, 0.05) is 12.5 Å². The molecule has 5 rings (SSSR count). The first-order valence-electron chi connectivity index (χ1n) is 13.3. The summed E-state index contributed by atoms with van der Waals surface area (Å²) in [6.45, 7) is 12.8. The maximum absolute atomic E-state index is 6.30. The molecule has 0 radical (unpaired) electrons. The lowest BCUT2D eigenvalue weighted by Gasteiger charge is -2.61. The van der Waals surface area contributed by atoms with Crippen molar-refractivity contribution in [3.05, 3.63) is 0 Å². The van der Waals surface area contributed by atoms with E-state index in [9.17, 15) is 0 Å². The number of fused-ring (bicyclic) bond motifs is 4. The van der Waals surface area contributed by atoms with Crippen molar-refractivity contribution in [1.82, 2.24) is 0 Å². The van der Waals surface area contributed by atoms with Crippen LogP contribution in [0, 0.1) is 57.7 Å². The Balaban J connectivity index is 1.35. The van der Waals surface area contributed by atoms with Crippen LogP contribution >= 0.6 is 0 Å². The molecule has 0 N–H and O–H groups in total. The van der Waals surface area contributed by atoms with Crippen LogP contribution in [-0.2, 0) is 4.74 Å². The van der Waals surface area contributed by atoms with E-state index in [1.807, 2.05) is 7.11 Å². The summed E-state index contributed by atoms with van der Waals surface area (Å²) in [5.41, 5.74) is 1.78. The van der Waals surface area contributed by atoms with Gasteiger partial charge in [0.05, 0.1) is 6.10 Å². The molecular weight excluding hydrogens is 352 g/mol. The monoisotopic (exact) mass is 400 g/mol. The lowest BCUT2D eigenvalue weighted by Crippen LogP contribution is -2.57. The third-order valence-electron chi connectivity index (χ3n) is 12.0. The van der Waals surface area contributed by atoms with E-state index in [4.69, 9.17) is 4.74 Å². The second-order valence-electron chi connectivity index (χ2n) is 13.3. The summed E-state index contributed by atoms with van der Waals surface area (Å²) >= 11 is 0. The maximum Gasteiger partial charge on any atom is 0.0638 e. The molecule has 5 fully saturated rings. The third-order valence-corrected chi connectivity index (χ3v) is 12.0. The average Bonchev–Trinajstić information content (AvgIpc) is 3.18. The quantitative estimate of drug-likeness (QED) is 0.443. The predicted octanol–water partition coefficient (Wildman–Crippen LogP) is 7.73. The molecule has 0 heterocycles. The Kier molecular flexibility index (Phi) is 5.02. The molecule has 1 spiro atoms. The molecule has 1 heteroatoms. The van der Waals surface area contributed by atoms with Crippen molar-refractivity contribution in [2.75, 3.05) is 7.11 Å². The minimum Gasteiger partial charge on any atom is -0.381 e. The molecule has 0 amide bonds. The van der Waals surface area contributed by atoms with E-state index in [0.717, 1.165) is 41.4 Å². The van der Waals surface area contributed by atoms with Gasteiger partial charge in [0.2, 0.25) is 0 Å². The average molecular weight is 401 g/mol. The molecule has 166 valence electrons. The van der Waals surface area contributed by atoms with Crippen molar-refractivity contribution in [1.29, 1.82) is 0 Å². The highest BCUT2D eigenvalue weighted by atomic mass is 16.5. The Morgan fingerprint density at radius 3 is 2.41 bits per heavy atom. The number of ether oxygens (including phenoxy) is 1. The van der Waals surface area contributed by atoms with Gasteiger partial charge in [0.15, 0.2) is 0 Å². The molecule has 5 aliphatic rings. The Hall–Kier alpha value is -0.0400. The highest BCUT2D eigenvalue weighted by Gasteiger charge is 2.77. The van der Waals surface area contributed by atoms with Crippen molar-refractivity contribution in [3.63, 3.8) is 0 Å². The Labute approximate surface area is 181 Å². The summed E-state index contributed by atoms with van der Waals surface area (Å²) in [5, 5.41) is 0. The van der Waals surface area contributed by atoms with Crippen LogP contribution in [0.15, 0.2) is 0 Å². The van der Waals surface area contributed by atoms with Crippen molar-refractivity contribution < 1.29 is 4.74 Å². The maximum atomic E-state index is 6.30. The van der Waals surface area contributed by atoms with E-state index in [0.29, 0.717) is 22.3 Å². The van der Waals surface area contributed by atoms with Crippen molar-refractivity contribution in [3.8, 4) is 0 Å². The molecule has 0 aliphatic heterocycles. The number of hydrogen-bond donors (Lipinski definition) is 0. The van der Waals surface area contributed by atoms with Crippen LogP contribution in [0.4, 0.5) is 0 Å². The van der Waals surface area contributed by atoms with Crippen LogP contribution < -0.4 is 0 Å². The van der Waals surface area contributed by atoms with Gasteiger partial charge in [-0.25, -0.2) is 0 Å². The van der Waals surface area contributed by atoms with Gasteiger partial charge < -0.3 is 4.74 Å². The van der Waals surface area contributed by atoms with E-state index >= 15 is 0 Å². The summed E-state index contributed by atoms with van der Waals surface area (Å²) in [6, 6.07) is 0. The lowest BCUT2D eigenvalue weighted by atomic mass is 9.45. The third kappa shape index (κ3) is 2.74. The van der Waals surface area contributed by atoms with Gasteiger partial charge in [-0.3, -0.25) is 0 Å². The number of hydrogen-bond acceptors (Lipinski definition) is 1. The van der Waals surface area contributed by atoms with E-state index in [1.165, 1.54) is 70.6 Å². The summed E-state index contributed by atoms with van der Waals surface area (Å²) in [6.07, 6.45) is 16.8. The zero-order valence-corrected chi connectivity index (χ0v) is 20.3. The molecule has 0 saturated heterocycles. The van der Waals surface area contributed by atoms with Crippen LogP contribution in [0.25, 0.3) is 0 Å². The standard InChI is InChI=1S/C28H48O/c1-18(2)8-7-9-19(3)22-10-11-23-21-16-25(29-6)28-17-20(28)12-15-27(28,5)24(21)13-14-26(22,23)4/h18-25H,7-17H2,1-6H3. The zero-order valence-electron chi connectivity index (χ0n) is 20.3. The van der Waals surface area contributed by atoms with Crippen molar-refractivity contribution >= 4 is 0 Å². The fourth-order valence-corrected chi connectivity index (χ4v) is 10.6. The van der Waals surface area contributed by atoms with Gasteiger partial charge >= 0.3 is 0 Å². The molecule has 10 unspecified atom stereocenters. The molecule has 5 aliphatic carbocycles. The summed E-state index contributed by atoms with van der Waals surface area (Å²) < 4.78 is 6.30. The summed E-state index contributed by atoms with van der Waals surface area (Å²) in [7, 11) is 2.03. The van der Waals surface area contributed by atoms with Crippen LogP contribution in [0.5, 0.6) is 0 Å². The van der Waals surface area contributed by atoms with Crippen LogP contribution in [0.3, 0.4) is 0 Å². The van der Waals surface area contributed by atoms with Gasteiger partial charge in [-0.2, -0.15) is 0 Å². The Morgan fingerprint density at radius 2 is 1.72 bits per heavy atom. The smallest absolute Gasteiger partial charge is 0.0638 e. The van der Waals surface area contributed by atoms with Crippen LogP contribution in [-0.4, -0.2) is 13.2 Å². The largest absolute Gasteiger partial charge is 0.381 e. The van der Waals surface area contributed by atoms with Crippen molar-refractivity contribution in [2.45, 2.75) is 111 Å². The molecule has 10 atom stereocenters. The molecule has 0 bridgehead atoms. The van der Waals surface area contributed by atoms with Gasteiger partial charge in [0.25, 0.3) is 0 Å². The van der Waals surface area contributed by atoms with E-state index in [2.05, 4.69) is 34.6 Å². The molecular formula is C28H48O. The molecule has 1 nitrogen and oxygen atoms in total.